The van der Waals surface area contributed by atoms with Gasteiger partial charge in [-0.15, -0.1) is 5.10 Å². The lowest BCUT2D eigenvalue weighted by atomic mass is 10.1. The monoisotopic (exact) mass is 305 g/mol. The molecule has 1 unspecified atom stereocenters. The van der Waals surface area contributed by atoms with Gasteiger partial charge in [0.15, 0.2) is 5.65 Å². The lowest BCUT2D eigenvalue weighted by molar-refractivity contribution is -0.122. The zero-order valence-electron chi connectivity index (χ0n) is 12.9. The second-order valence-electron chi connectivity index (χ2n) is 5.33. The van der Waals surface area contributed by atoms with Gasteiger partial charge in [0.2, 0.25) is 5.91 Å². The molecule has 2 aromatic rings. The average molecular weight is 305 g/mol. The van der Waals surface area contributed by atoms with Gasteiger partial charge < -0.3 is 11.1 Å². The number of carbonyl (C=O) groups excluding carboxylic acids is 1. The first-order chi connectivity index (χ1) is 10.7. The number of pyridine rings is 1. The number of rotatable bonds is 8. The molecule has 0 aromatic carbocycles. The molecule has 2 heterocycles. The predicted octanol–water partition coefficient (Wildman–Crippen LogP) is 0.520. The highest BCUT2D eigenvalue weighted by Gasteiger charge is 2.12. The maximum Gasteiger partial charge on any atom is 0.350 e. The Morgan fingerprint density at radius 2 is 2.27 bits per heavy atom. The van der Waals surface area contributed by atoms with E-state index in [1.807, 2.05) is 6.07 Å². The second-order valence-corrected chi connectivity index (χ2v) is 5.33. The zero-order valence-corrected chi connectivity index (χ0v) is 12.9. The van der Waals surface area contributed by atoms with Crippen LogP contribution in [0.25, 0.3) is 5.65 Å². The number of aromatic nitrogens is 3. The van der Waals surface area contributed by atoms with Crippen LogP contribution in [0.15, 0.2) is 29.2 Å². The van der Waals surface area contributed by atoms with Crippen LogP contribution in [0.3, 0.4) is 0 Å². The van der Waals surface area contributed by atoms with Crippen LogP contribution in [-0.2, 0) is 11.3 Å². The SMILES string of the molecule is CCCCC(CN)NC(=O)CCn1nc2ccccn2c1=O. The molecule has 0 saturated heterocycles. The molecule has 7 nitrogen and oxygen atoms in total. The molecule has 22 heavy (non-hydrogen) atoms. The van der Waals surface area contributed by atoms with E-state index in [4.69, 9.17) is 5.73 Å². The molecule has 2 aromatic heterocycles. The quantitative estimate of drug-likeness (QED) is 0.743. The molecule has 0 radical (unpaired) electrons. The summed E-state index contributed by atoms with van der Waals surface area (Å²) in [7, 11) is 0. The van der Waals surface area contributed by atoms with Gasteiger partial charge in [0.05, 0.1) is 6.54 Å². The number of unbranched alkanes of at least 4 members (excludes halogenated alkanes) is 1. The molecule has 0 saturated carbocycles. The minimum absolute atomic E-state index is 0.00485. The van der Waals surface area contributed by atoms with Crippen molar-refractivity contribution >= 4 is 11.6 Å². The Labute approximate surface area is 129 Å². The smallest absolute Gasteiger partial charge is 0.350 e. The van der Waals surface area contributed by atoms with Crippen molar-refractivity contribution in [2.24, 2.45) is 5.73 Å². The fourth-order valence-electron chi connectivity index (χ4n) is 2.32. The molecule has 0 aliphatic rings. The number of hydrogen-bond acceptors (Lipinski definition) is 4. The topological polar surface area (TPSA) is 94.4 Å². The van der Waals surface area contributed by atoms with Gasteiger partial charge >= 0.3 is 5.69 Å². The number of carbonyl (C=O) groups is 1. The molecule has 3 N–H and O–H groups in total. The highest BCUT2D eigenvalue weighted by atomic mass is 16.2. The number of fused-ring (bicyclic) bond motifs is 1. The number of amides is 1. The summed E-state index contributed by atoms with van der Waals surface area (Å²) < 4.78 is 2.78. The van der Waals surface area contributed by atoms with E-state index in [2.05, 4.69) is 17.3 Å². The van der Waals surface area contributed by atoms with Crippen LogP contribution in [0, 0.1) is 0 Å². The Bertz CT molecular complexity index is 676. The Morgan fingerprint density at radius 3 is 2.95 bits per heavy atom. The molecule has 0 fully saturated rings. The van der Waals surface area contributed by atoms with E-state index in [9.17, 15) is 9.59 Å². The van der Waals surface area contributed by atoms with Crippen molar-refractivity contribution in [1.82, 2.24) is 19.5 Å². The number of nitrogens with zero attached hydrogens (tertiary/aromatic N) is 3. The molecular weight excluding hydrogens is 282 g/mol. The van der Waals surface area contributed by atoms with Crippen LogP contribution >= 0.6 is 0 Å². The van der Waals surface area contributed by atoms with Gasteiger partial charge in [-0.3, -0.25) is 9.20 Å². The van der Waals surface area contributed by atoms with Crippen molar-refractivity contribution in [1.29, 1.82) is 0 Å². The second kappa shape index (κ2) is 7.74. The minimum atomic E-state index is -0.232. The molecule has 1 amide bonds. The van der Waals surface area contributed by atoms with Gasteiger partial charge in [-0.1, -0.05) is 25.8 Å². The Hall–Kier alpha value is -2.15. The molecular formula is C15H23N5O2. The predicted molar refractivity (Wildman–Crippen MR) is 84.6 cm³/mol. The third-order valence-electron chi connectivity index (χ3n) is 3.59. The van der Waals surface area contributed by atoms with Gasteiger partial charge in [0.25, 0.3) is 0 Å². The standard InChI is InChI=1S/C15H23N5O2/c1-2-3-6-12(11-16)17-14(21)8-10-20-15(22)19-9-5-4-7-13(19)18-20/h4-5,7,9,12H,2-3,6,8,10-11,16H2,1H3,(H,17,21). The summed E-state index contributed by atoms with van der Waals surface area (Å²) in [4.78, 5) is 24.0. The normalized spacial score (nSPS) is 12.5. The van der Waals surface area contributed by atoms with E-state index >= 15 is 0 Å². The summed E-state index contributed by atoms with van der Waals surface area (Å²) in [6.45, 7) is 2.79. The fraction of sp³-hybridized carbons (Fsp3) is 0.533. The van der Waals surface area contributed by atoms with Crippen molar-refractivity contribution in [3.63, 3.8) is 0 Å². The van der Waals surface area contributed by atoms with Crippen molar-refractivity contribution < 1.29 is 4.79 Å². The van der Waals surface area contributed by atoms with Gasteiger partial charge in [-0.05, 0) is 18.6 Å². The summed E-state index contributed by atoms with van der Waals surface area (Å²) in [6, 6.07) is 5.35. The van der Waals surface area contributed by atoms with Crippen LogP contribution in [0.2, 0.25) is 0 Å². The number of nitrogens with one attached hydrogen (secondary N) is 1. The lowest BCUT2D eigenvalue weighted by Gasteiger charge is -2.16. The maximum atomic E-state index is 12.1. The van der Waals surface area contributed by atoms with Crippen LogP contribution in [0.1, 0.15) is 32.6 Å². The van der Waals surface area contributed by atoms with Gasteiger partial charge in [-0.2, -0.15) is 0 Å². The van der Waals surface area contributed by atoms with Crippen molar-refractivity contribution in [3.05, 3.63) is 34.9 Å². The van der Waals surface area contributed by atoms with E-state index in [0.29, 0.717) is 12.2 Å². The molecule has 0 spiro atoms. The Kier molecular flexibility index (Phi) is 5.71. The highest BCUT2D eigenvalue weighted by Crippen LogP contribution is 2.00. The van der Waals surface area contributed by atoms with E-state index < -0.39 is 0 Å². The van der Waals surface area contributed by atoms with Gasteiger partial charge in [-0.25, -0.2) is 9.48 Å². The van der Waals surface area contributed by atoms with Gasteiger partial charge in [0, 0.05) is 25.2 Å². The fourth-order valence-corrected chi connectivity index (χ4v) is 2.32. The molecule has 7 heteroatoms. The molecule has 120 valence electrons. The summed E-state index contributed by atoms with van der Waals surface area (Å²) >= 11 is 0. The molecule has 0 bridgehead atoms. The highest BCUT2D eigenvalue weighted by molar-refractivity contribution is 5.76. The number of aryl methyl sites for hydroxylation is 1. The van der Waals surface area contributed by atoms with Crippen LogP contribution < -0.4 is 16.7 Å². The number of hydrogen-bond donors (Lipinski definition) is 2. The van der Waals surface area contributed by atoms with Crippen LogP contribution in [0.5, 0.6) is 0 Å². The zero-order chi connectivity index (χ0) is 15.9. The Morgan fingerprint density at radius 1 is 1.45 bits per heavy atom. The summed E-state index contributed by atoms with van der Waals surface area (Å²) in [6.07, 6.45) is 4.87. The lowest BCUT2D eigenvalue weighted by Crippen LogP contribution is -2.40. The molecule has 0 aliphatic heterocycles. The largest absolute Gasteiger partial charge is 0.352 e. The summed E-state index contributed by atoms with van der Waals surface area (Å²) in [5, 5.41) is 7.11. The van der Waals surface area contributed by atoms with Crippen molar-refractivity contribution in [2.45, 2.75) is 45.2 Å². The van der Waals surface area contributed by atoms with E-state index in [1.54, 1.807) is 18.3 Å². The first kappa shape index (κ1) is 16.2. The van der Waals surface area contributed by atoms with E-state index in [-0.39, 0.29) is 30.6 Å². The van der Waals surface area contributed by atoms with Crippen molar-refractivity contribution in [3.8, 4) is 0 Å². The first-order valence-electron chi connectivity index (χ1n) is 7.69. The minimum Gasteiger partial charge on any atom is -0.352 e. The molecule has 2 rings (SSSR count). The number of nitrogens with two attached hydrogens (primary N) is 1. The average Bonchev–Trinajstić information content (AvgIpc) is 2.86. The molecule has 0 aliphatic carbocycles. The Balaban J connectivity index is 1.92. The van der Waals surface area contributed by atoms with E-state index in [1.165, 1.54) is 9.08 Å². The van der Waals surface area contributed by atoms with Crippen molar-refractivity contribution in [2.75, 3.05) is 6.54 Å². The third-order valence-corrected chi connectivity index (χ3v) is 3.59. The van der Waals surface area contributed by atoms with Crippen LogP contribution in [-0.4, -0.2) is 32.7 Å². The van der Waals surface area contributed by atoms with Crippen LogP contribution in [0.4, 0.5) is 0 Å². The summed E-state index contributed by atoms with van der Waals surface area (Å²) in [5.74, 6) is -0.101. The third kappa shape index (κ3) is 3.94. The maximum absolute atomic E-state index is 12.1. The van der Waals surface area contributed by atoms with Gasteiger partial charge in [0.1, 0.15) is 0 Å². The first-order valence-corrected chi connectivity index (χ1v) is 7.69. The molecule has 1 atom stereocenters. The van der Waals surface area contributed by atoms with E-state index in [0.717, 1.165) is 19.3 Å². The summed E-state index contributed by atoms with van der Waals surface area (Å²) in [5.41, 5.74) is 6.01.